The molecule has 2 aromatic rings. The Balaban J connectivity index is 1.41. The Kier molecular flexibility index (Phi) is 6.51. The number of fused-ring (bicyclic) bond motifs is 1. The van der Waals surface area contributed by atoms with E-state index in [9.17, 15) is 14.4 Å². The molecule has 2 heterocycles. The lowest BCUT2D eigenvalue weighted by Crippen LogP contribution is -2.48. The minimum absolute atomic E-state index is 0.0637. The molecule has 1 saturated carbocycles. The zero-order valence-corrected chi connectivity index (χ0v) is 18.6. The van der Waals surface area contributed by atoms with Crippen LogP contribution < -0.4 is 10.9 Å². The second kappa shape index (κ2) is 9.29. The smallest absolute Gasteiger partial charge is 0.261 e. The molecule has 0 bridgehead atoms. The van der Waals surface area contributed by atoms with Crippen molar-refractivity contribution in [1.29, 1.82) is 0 Å². The molecule has 1 aliphatic heterocycles. The van der Waals surface area contributed by atoms with E-state index in [1.807, 2.05) is 6.07 Å². The highest BCUT2D eigenvalue weighted by atomic mass is 79.9. The molecule has 1 atom stereocenters. The summed E-state index contributed by atoms with van der Waals surface area (Å²) in [6.07, 6.45) is 8.72. The summed E-state index contributed by atoms with van der Waals surface area (Å²) in [6, 6.07) is 5.60. The summed E-state index contributed by atoms with van der Waals surface area (Å²) >= 11 is 3.37. The third-order valence-electron chi connectivity index (χ3n) is 6.19. The first-order chi connectivity index (χ1) is 14.5. The third-order valence-corrected chi connectivity index (χ3v) is 6.68. The molecule has 1 N–H and O–H groups in total. The van der Waals surface area contributed by atoms with Gasteiger partial charge in [0.1, 0.15) is 6.54 Å². The fraction of sp³-hybridized carbons (Fsp3) is 0.545. The number of benzene rings is 1. The summed E-state index contributed by atoms with van der Waals surface area (Å²) in [5.41, 5.74) is 0.363. The average Bonchev–Trinajstić information content (AvgIpc) is 2.77. The average molecular weight is 475 g/mol. The number of aromatic nitrogens is 2. The number of rotatable bonds is 4. The maximum absolute atomic E-state index is 12.9. The summed E-state index contributed by atoms with van der Waals surface area (Å²) in [6.45, 7) is 0.970. The van der Waals surface area contributed by atoms with Gasteiger partial charge in [-0.05, 0) is 43.9 Å². The predicted octanol–water partition coefficient (Wildman–Crippen LogP) is 2.85. The van der Waals surface area contributed by atoms with Gasteiger partial charge in [-0.1, -0.05) is 35.2 Å². The minimum atomic E-state index is -0.238. The monoisotopic (exact) mass is 474 g/mol. The maximum Gasteiger partial charge on any atom is 0.261 e. The number of nitrogens with zero attached hydrogens (tertiary/aromatic N) is 3. The van der Waals surface area contributed by atoms with Gasteiger partial charge in [0.05, 0.1) is 23.1 Å². The molecular weight excluding hydrogens is 448 g/mol. The van der Waals surface area contributed by atoms with Crippen LogP contribution in [0.15, 0.2) is 33.8 Å². The molecular formula is C22H27BrN4O3. The zero-order valence-electron chi connectivity index (χ0n) is 17.0. The van der Waals surface area contributed by atoms with E-state index in [2.05, 4.69) is 26.2 Å². The van der Waals surface area contributed by atoms with E-state index >= 15 is 0 Å². The van der Waals surface area contributed by atoms with Crippen molar-refractivity contribution in [2.24, 2.45) is 5.92 Å². The van der Waals surface area contributed by atoms with Crippen LogP contribution in [0.2, 0.25) is 0 Å². The lowest BCUT2D eigenvalue weighted by Gasteiger charge is -2.33. The van der Waals surface area contributed by atoms with E-state index in [0.717, 1.165) is 30.2 Å². The lowest BCUT2D eigenvalue weighted by molar-refractivity contribution is -0.136. The van der Waals surface area contributed by atoms with Gasteiger partial charge in [-0.25, -0.2) is 4.98 Å². The number of halogens is 1. The number of hydrogen-bond donors (Lipinski definition) is 1. The second-order valence-electron chi connectivity index (χ2n) is 8.36. The van der Waals surface area contributed by atoms with Gasteiger partial charge in [-0.15, -0.1) is 0 Å². The highest BCUT2D eigenvalue weighted by Crippen LogP contribution is 2.21. The first-order valence-electron chi connectivity index (χ1n) is 10.7. The number of piperidine rings is 1. The largest absolute Gasteiger partial charge is 0.353 e. The van der Waals surface area contributed by atoms with Crippen molar-refractivity contribution in [3.8, 4) is 0 Å². The van der Waals surface area contributed by atoms with Crippen molar-refractivity contribution in [2.75, 3.05) is 13.1 Å². The Bertz CT molecular complexity index is 1000. The molecule has 30 heavy (non-hydrogen) atoms. The number of carbonyl (C=O) groups excluding carboxylic acids is 2. The van der Waals surface area contributed by atoms with Crippen molar-refractivity contribution in [1.82, 2.24) is 19.8 Å². The van der Waals surface area contributed by atoms with Crippen LogP contribution in [0.3, 0.4) is 0 Å². The predicted molar refractivity (Wildman–Crippen MR) is 118 cm³/mol. The van der Waals surface area contributed by atoms with Crippen LogP contribution in [0.1, 0.15) is 44.9 Å². The molecule has 1 aromatic heterocycles. The van der Waals surface area contributed by atoms with Gasteiger partial charge in [-0.3, -0.25) is 19.0 Å². The van der Waals surface area contributed by atoms with Crippen molar-refractivity contribution in [3.63, 3.8) is 0 Å². The molecule has 4 rings (SSSR count). The molecule has 1 aliphatic carbocycles. The van der Waals surface area contributed by atoms with Crippen LogP contribution >= 0.6 is 15.9 Å². The Morgan fingerprint density at radius 2 is 1.93 bits per heavy atom. The summed E-state index contributed by atoms with van der Waals surface area (Å²) in [5, 5.41) is 3.66. The van der Waals surface area contributed by atoms with Crippen LogP contribution in [0.5, 0.6) is 0 Å². The molecule has 0 spiro atoms. The summed E-state index contributed by atoms with van der Waals surface area (Å²) < 4.78 is 2.14. The van der Waals surface area contributed by atoms with Crippen LogP contribution in [0.25, 0.3) is 10.9 Å². The van der Waals surface area contributed by atoms with Gasteiger partial charge in [0.15, 0.2) is 0 Å². The van der Waals surface area contributed by atoms with Gasteiger partial charge in [0, 0.05) is 23.6 Å². The molecule has 8 heteroatoms. The van der Waals surface area contributed by atoms with E-state index in [4.69, 9.17) is 0 Å². The lowest BCUT2D eigenvalue weighted by atomic mass is 9.93. The fourth-order valence-electron chi connectivity index (χ4n) is 4.47. The molecule has 0 radical (unpaired) electrons. The van der Waals surface area contributed by atoms with Gasteiger partial charge in [-0.2, -0.15) is 0 Å². The number of carbonyl (C=O) groups is 2. The highest BCUT2D eigenvalue weighted by Gasteiger charge is 2.30. The number of amides is 2. The second-order valence-corrected chi connectivity index (χ2v) is 9.28. The van der Waals surface area contributed by atoms with Gasteiger partial charge >= 0.3 is 0 Å². The Morgan fingerprint density at radius 3 is 2.73 bits per heavy atom. The highest BCUT2D eigenvalue weighted by molar-refractivity contribution is 9.10. The third kappa shape index (κ3) is 4.74. The molecule has 1 aromatic carbocycles. The van der Waals surface area contributed by atoms with Crippen molar-refractivity contribution in [3.05, 3.63) is 39.4 Å². The Hall–Kier alpha value is -2.22. The fourth-order valence-corrected chi connectivity index (χ4v) is 4.83. The van der Waals surface area contributed by atoms with Crippen LogP contribution in [0.4, 0.5) is 0 Å². The molecule has 1 saturated heterocycles. The van der Waals surface area contributed by atoms with Crippen LogP contribution in [-0.4, -0.2) is 45.4 Å². The van der Waals surface area contributed by atoms with E-state index in [0.29, 0.717) is 24.0 Å². The minimum Gasteiger partial charge on any atom is -0.353 e. The molecule has 1 unspecified atom stereocenters. The number of nitrogens with one attached hydrogen (secondary N) is 1. The topological polar surface area (TPSA) is 84.3 Å². The first kappa shape index (κ1) is 21.0. The van der Waals surface area contributed by atoms with Crippen LogP contribution in [-0.2, 0) is 16.1 Å². The van der Waals surface area contributed by atoms with Crippen molar-refractivity contribution < 1.29 is 9.59 Å². The first-order valence-corrected chi connectivity index (χ1v) is 11.5. The summed E-state index contributed by atoms with van der Waals surface area (Å²) in [5.74, 6) is -0.260. The zero-order chi connectivity index (χ0) is 21.1. The maximum atomic E-state index is 12.9. The molecule has 2 aliphatic rings. The molecule has 160 valence electrons. The number of likely N-dealkylation sites (tertiary alicyclic amines) is 1. The summed E-state index contributed by atoms with van der Waals surface area (Å²) in [7, 11) is 0. The van der Waals surface area contributed by atoms with E-state index in [-0.39, 0.29) is 35.9 Å². The quantitative estimate of drug-likeness (QED) is 0.737. The molecule has 7 nitrogen and oxygen atoms in total. The standard InChI is InChI=1S/C22H27BrN4O3/c23-16-8-9-19-18(11-16)22(30)27(14-24-19)13-20(28)26-10-4-5-15(12-26)21(29)25-17-6-2-1-3-7-17/h8-9,11,14-15,17H,1-7,10,12-13H2,(H,25,29). The van der Waals surface area contributed by atoms with E-state index < -0.39 is 0 Å². The van der Waals surface area contributed by atoms with E-state index in [1.165, 1.54) is 30.2 Å². The summed E-state index contributed by atoms with van der Waals surface area (Å²) in [4.78, 5) is 44.4. The van der Waals surface area contributed by atoms with Crippen molar-refractivity contribution in [2.45, 2.75) is 57.5 Å². The Labute approximate surface area is 184 Å². The van der Waals surface area contributed by atoms with Crippen molar-refractivity contribution >= 4 is 38.6 Å². The van der Waals surface area contributed by atoms with Gasteiger partial charge < -0.3 is 10.2 Å². The molecule has 2 fully saturated rings. The normalized spacial score (nSPS) is 20.3. The molecule has 2 amide bonds. The van der Waals surface area contributed by atoms with E-state index in [1.54, 1.807) is 17.0 Å². The SMILES string of the molecule is O=C(NC1CCCCC1)C1CCCN(C(=O)Cn2cnc3ccc(Br)cc3c2=O)C1. The Morgan fingerprint density at radius 1 is 1.13 bits per heavy atom. The van der Waals surface area contributed by atoms with Gasteiger partial charge in [0.25, 0.3) is 5.56 Å². The van der Waals surface area contributed by atoms with Crippen LogP contribution in [0, 0.1) is 5.92 Å². The van der Waals surface area contributed by atoms with Gasteiger partial charge in [0.2, 0.25) is 11.8 Å². The number of hydrogen-bond acceptors (Lipinski definition) is 4.